The van der Waals surface area contributed by atoms with Crippen LogP contribution in [-0.2, 0) is 11.2 Å². The number of carbonyl (C=O) groups excluding carboxylic acids is 1. The van der Waals surface area contributed by atoms with Gasteiger partial charge in [-0.05, 0) is 38.8 Å². The van der Waals surface area contributed by atoms with Crippen molar-refractivity contribution in [2.24, 2.45) is 5.41 Å². The summed E-state index contributed by atoms with van der Waals surface area (Å²) in [7, 11) is 0. The van der Waals surface area contributed by atoms with Gasteiger partial charge < -0.3 is 19.7 Å². The molecule has 0 bridgehead atoms. The summed E-state index contributed by atoms with van der Waals surface area (Å²) in [5.41, 5.74) is 3.89. The Morgan fingerprint density at radius 1 is 1.25 bits per heavy atom. The lowest BCUT2D eigenvalue weighted by molar-refractivity contribution is 0.102. The lowest BCUT2D eigenvalue weighted by Crippen LogP contribution is -2.28. The Kier molecular flexibility index (Phi) is 4.24. The molecule has 1 N–H and O–H groups in total. The minimum atomic E-state index is -0.250. The first-order valence-corrected chi connectivity index (χ1v) is 11.2. The molecule has 1 atom stereocenters. The van der Waals surface area contributed by atoms with E-state index in [1.54, 1.807) is 29.2 Å². The average molecular weight is 434 g/mol. The van der Waals surface area contributed by atoms with E-state index in [2.05, 4.69) is 46.3 Å². The number of amides is 1. The van der Waals surface area contributed by atoms with Gasteiger partial charge in [-0.2, -0.15) is 5.10 Å². The maximum absolute atomic E-state index is 13.3. The van der Waals surface area contributed by atoms with E-state index in [-0.39, 0.29) is 16.9 Å². The second kappa shape index (κ2) is 6.93. The molecular weight excluding hydrogens is 406 g/mol. The first-order chi connectivity index (χ1) is 15.4. The highest BCUT2D eigenvalue weighted by molar-refractivity contribution is 6.09. The summed E-state index contributed by atoms with van der Waals surface area (Å²) >= 11 is 0. The van der Waals surface area contributed by atoms with Crippen LogP contribution in [-0.4, -0.2) is 52.4 Å². The summed E-state index contributed by atoms with van der Waals surface area (Å²) in [6.07, 6.45) is 8.02. The van der Waals surface area contributed by atoms with Gasteiger partial charge in [0.1, 0.15) is 16.9 Å². The molecule has 32 heavy (non-hydrogen) atoms. The van der Waals surface area contributed by atoms with Crippen molar-refractivity contribution in [3.63, 3.8) is 0 Å². The van der Waals surface area contributed by atoms with Crippen molar-refractivity contribution < 1.29 is 14.3 Å². The number of carbonyl (C=O) groups is 1. The molecule has 0 saturated carbocycles. The molecule has 0 unspecified atom stereocenters. The van der Waals surface area contributed by atoms with Gasteiger partial charge >= 0.3 is 0 Å². The molecule has 2 fully saturated rings. The van der Waals surface area contributed by atoms with E-state index < -0.39 is 0 Å². The van der Waals surface area contributed by atoms with Crippen molar-refractivity contribution in [1.82, 2.24) is 14.6 Å². The summed E-state index contributed by atoms with van der Waals surface area (Å²) < 4.78 is 13.5. The van der Waals surface area contributed by atoms with Gasteiger partial charge in [-0.1, -0.05) is 0 Å². The number of nitrogens with zero attached hydrogens (tertiary/aromatic N) is 4. The minimum Gasteiger partial charge on any atom is -0.487 e. The number of aromatic nitrogens is 3. The predicted molar refractivity (Wildman–Crippen MR) is 120 cm³/mol. The molecule has 0 aliphatic carbocycles. The third-order valence-corrected chi connectivity index (χ3v) is 6.92. The molecule has 6 rings (SSSR count). The molecule has 8 heteroatoms. The highest BCUT2D eigenvalue weighted by Crippen LogP contribution is 2.46. The summed E-state index contributed by atoms with van der Waals surface area (Å²) in [6.45, 7) is 7.70. The molecule has 1 spiro atoms. The maximum atomic E-state index is 13.3. The zero-order chi connectivity index (χ0) is 21.9. The van der Waals surface area contributed by atoms with Crippen LogP contribution in [0.3, 0.4) is 0 Å². The van der Waals surface area contributed by atoms with E-state index in [0.29, 0.717) is 11.2 Å². The molecule has 0 radical (unpaired) electrons. The molecule has 1 amide bonds. The number of fused-ring (bicyclic) bond motifs is 2. The molecule has 3 aliphatic heterocycles. The van der Waals surface area contributed by atoms with Gasteiger partial charge in [0.15, 0.2) is 5.65 Å². The van der Waals surface area contributed by atoms with Crippen LogP contribution in [0.25, 0.3) is 5.65 Å². The van der Waals surface area contributed by atoms with Crippen molar-refractivity contribution >= 4 is 22.9 Å². The fourth-order valence-electron chi connectivity index (χ4n) is 5.29. The van der Waals surface area contributed by atoms with Crippen molar-refractivity contribution in [3.05, 3.63) is 47.9 Å². The maximum Gasteiger partial charge on any atom is 0.261 e. The Bertz CT molecular complexity index is 1210. The van der Waals surface area contributed by atoms with Gasteiger partial charge in [0.25, 0.3) is 5.91 Å². The van der Waals surface area contributed by atoms with E-state index in [0.717, 1.165) is 68.3 Å². The van der Waals surface area contributed by atoms with Crippen LogP contribution in [0.5, 0.6) is 5.75 Å². The molecule has 8 nitrogen and oxygen atoms in total. The van der Waals surface area contributed by atoms with Crippen LogP contribution in [0, 0.1) is 5.41 Å². The van der Waals surface area contributed by atoms with E-state index in [1.165, 1.54) is 0 Å². The second-order valence-corrected chi connectivity index (χ2v) is 9.89. The number of benzene rings is 1. The first kappa shape index (κ1) is 19.5. The van der Waals surface area contributed by atoms with Crippen molar-refractivity contribution in [1.29, 1.82) is 0 Å². The van der Waals surface area contributed by atoms with Crippen LogP contribution < -0.4 is 15.0 Å². The van der Waals surface area contributed by atoms with Crippen molar-refractivity contribution in [3.8, 4) is 5.75 Å². The monoisotopic (exact) mass is 433 g/mol. The number of hydrogen-bond donors (Lipinski definition) is 1. The van der Waals surface area contributed by atoms with Crippen LogP contribution in [0.15, 0.2) is 36.8 Å². The lowest BCUT2D eigenvalue weighted by Gasteiger charge is -2.26. The Balaban J connectivity index is 1.36. The van der Waals surface area contributed by atoms with Gasteiger partial charge in [-0.3, -0.25) is 4.79 Å². The van der Waals surface area contributed by atoms with Crippen LogP contribution in [0.2, 0.25) is 0 Å². The SMILES string of the molecule is CC1(C)Cc2cc(NC(=O)c3cnn4cccnc34)c(N3CC[C@@]4(CCOC4)C3)cc2O1. The summed E-state index contributed by atoms with van der Waals surface area (Å²) in [4.78, 5) is 20.0. The molecule has 1 aromatic carbocycles. The quantitative estimate of drug-likeness (QED) is 0.683. The zero-order valence-corrected chi connectivity index (χ0v) is 18.4. The van der Waals surface area contributed by atoms with Gasteiger partial charge in [0.05, 0.1) is 24.2 Å². The van der Waals surface area contributed by atoms with Gasteiger partial charge in [0, 0.05) is 55.6 Å². The van der Waals surface area contributed by atoms with Crippen LogP contribution in [0.1, 0.15) is 42.6 Å². The van der Waals surface area contributed by atoms with E-state index in [4.69, 9.17) is 9.47 Å². The van der Waals surface area contributed by atoms with Gasteiger partial charge in [-0.25, -0.2) is 9.50 Å². The average Bonchev–Trinajstić information content (AvgIpc) is 3.53. The predicted octanol–water partition coefficient (Wildman–Crippen LogP) is 3.31. The normalized spacial score (nSPS) is 23.6. The Morgan fingerprint density at radius 3 is 3.00 bits per heavy atom. The summed E-state index contributed by atoms with van der Waals surface area (Å²) in [6, 6.07) is 5.97. The minimum absolute atomic E-state index is 0.212. The molecule has 2 saturated heterocycles. The van der Waals surface area contributed by atoms with E-state index in [1.807, 2.05) is 0 Å². The third kappa shape index (κ3) is 3.21. The number of hydrogen-bond acceptors (Lipinski definition) is 6. The topological polar surface area (TPSA) is 81.0 Å². The zero-order valence-electron chi connectivity index (χ0n) is 18.4. The molecule has 3 aromatic rings. The smallest absolute Gasteiger partial charge is 0.261 e. The fraction of sp³-hybridized carbons (Fsp3) is 0.458. The summed E-state index contributed by atoms with van der Waals surface area (Å²) in [5, 5.41) is 7.41. The Morgan fingerprint density at radius 2 is 2.16 bits per heavy atom. The Hall–Kier alpha value is -3.13. The molecular formula is C24H27N5O3. The van der Waals surface area contributed by atoms with E-state index in [9.17, 15) is 4.79 Å². The molecule has 2 aromatic heterocycles. The lowest BCUT2D eigenvalue weighted by atomic mass is 9.87. The number of anilines is 2. The molecule has 166 valence electrons. The summed E-state index contributed by atoms with van der Waals surface area (Å²) in [5.74, 6) is 0.695. The van der Waals surface area contributed by atoms with Crippen molar-refractivity contribution in [2.45, 2.75) is 38.7 Å². The van der Waals surface area contributed by atoms with Gasteiger partial charge in [0.2, 0.25) is 0 Å². The fourth-order valence-corrected chi connectivity index (χ4v) is 5.29. The molecule has 3 aliphatic rings. The van der Waals surface area contributed by atoms with Crippen LogP contribution >= 0.6 is 0 Å². The third-order valence-electron chi connectivity index (χ3n) is 6.92. The van der Waals surface area contributed by atoms with E-state index >= 15 is 0 Å². The van der Waals surface area contributed by atoms with Crippen LogP contribution in [0.4, 0.5) is 11.4 Å². The first-order valence-electron chi connectivity index (χ1n) is 11.2. The highest BCUT2D eigenvalue weighted by Gasteiger charge is 2.42. The standard InChI is InChI=1S/C24H27N5O3/c1-23(2)12-16-10-18(27-22(30)17-13-26-29-7-3-6-25-21(17)29)19(11-20(16)32-23)28-8-4-24(14-28)5-9-31-15-24/h3,6-7,10-11,13H,4-5,8-9,12,14-15H2,1-2H3,(H,27,30)/t24-/m1/s1. The Labute approximate surface area is 186 Å². The number of nitrogens with one attached hydrogen (secondary N) is 1. The second-order valence-electron chi connectivity index (χ2n) is 9.89. The number of ether oxygens (including phenoxy) is 2. The largest absolute Gasteiger partial charge is 0.487 e. The van der Waals surface area contributed by atoms with Gasteiger partial charge in [-0.15, -0.1) is 0 Å². The number of rotatable bonds is 3. The highest BCUT2D eigenvalue weighted by atomic mass is 16.5. The molecule has 5 heterocycles. The van der Waals surface area contributed by atoms with Crippen molar-refractivity contribution in [2.75, 3.05) is 36.5 Å².